The fourth-order valence-corrected chi connectivity index (χ4v) is 2.87. The summed E-state index contributed by atoms with van der Waals surface area (Å²) in [6, 6.07) is 7.40. The molecule has 3 rings (SSSR count). The van der Waals surface area contributed by atoms with Crippen molar-refractivity contribution < 1.29 is 9.31 Å². The molecule has 2 heterocycles. The Morgan fingerprint density at radius 3 is 2.43 bits per heavy atom. The summed E-state index contributed by atoms with van der Waals surface area (Å²) in [4.78, 5) is 19.0. The van der Waals surface area contributed by atoms with Crippen molar-refractivity contribution in [3.63, 3.8) is 0 Å². The van der Waals surface area contributed by atoms with E-state index in [9.17, 15) is 14.5 Å². The molecule has 23 heavy (non-hydrogen) atoms. The standard InChI is InChI=1S/C15H14BrFN4O2/c16-11-1-4-15(18-10-11)20-7-5-19(6-8-20)14-9-12(17)2-3-13(14)21(22)23/h1-4,9-10H,5-8H2. The van der Waals surface area contributed by atoms with E-state index < -0.39 is 10.7 Å². The van der Waals surface area contributed by atoms with Crippen molar-refractivity contribution in [1.82, 2.24) is 4.98 Å². The number of nitro groups is 1. The fourth-order valence-electron chi connectivity index (χ4n) is 2.64. The van der Waals surface area contributed by atoms with Crippen molar-refractivity contribution in [2.45, 2.75) is 0 Å². The van der Waals surface area contributed by atoms with Gasteiger partial charge in [0, 0.05) is 49.0 Å². The van der Waals surface area contributed by atoms with Gasteiger partial charge in [-0.15, -0.1) is 0 Å². The summed E-state index contributed by atoms with van der Waals surface area (Å²) >= 11 is 3.35. The Labute approximate surface area is 140 Å². The number of hydrogen-bond donors (Lipinski definition) is 0. The van der Waals surface area contributed by atoms with Crippen molar-refractivity contribution in [1.29, 1.82) is 0 Å². The number of rotatable bonds is 3. The van der Waals surface area contributed by atoms with E-state index in [1.54, 1.807) is 6.20 Å². The smallest absolute Gasteiger partial charge is 0.292 e. The summed E-state index contributed by atoms with van der Waals surface area (Å²) < 4.78 is 14.4. The van der Waals surface area contributed by atoms with Gasteiger partial charge in [-0.25, -0.2) is 9.37 Å². The zero-order chi connectivity index (χ0) is 16.4. The van der Waals surface area contributed by atoms with Gasteiger partial charge in [-0.3, -0.25) is 10.1 Å². The summed E-state index contributed by atoms with van der Waals surface area (Å²) in [7, 11) is 0. The number of anilines is 2. The topological polar surface area (TPSA) is 62.5 Å². The largest absolute Gasteiger partial charge is 0.362 e. The summed E-state index contributed by atoms with van der Waals surface area (Å²) in [5.41, 5.74) is 0.264. The molecule has 120 valence electrons. The Kier molecular flexibility index (Phi) is 4.42. The summed E-state index contributed by atoms with van der Waals surface area (Å²) in [5, 5.41) is 11.1. The number of benzene rings is 1. The van der Waals surface area contributed by atoms with Crippen LogP contribution in [0.2, 0.25) is 0 Å². The monoisotopic (exact) mass is 380 g/mol. The van der Waals surface area contributed by atoms with Crippen LogP contribution in [0.4, 0.5) is 21.6 Å². The molecule has 1 aromatic carbocycles. The number of hydrogen-bond acceptors (Lipinski definition) is 5. The molecular formula is C15H14BrFN4O2. The zero-order valence-electron chi connectivity index (χ0n) is 12.2. The zero-order valence-corrected chi connectivity index (χ0v) is 13.7. The van der Waals surface area contributed by atoms with Gasteiger partial charge >= 0.3 is 0 Å². The molecule has 0 unspecified atom stereocenters. The maximum atomic E-state index is 13.5. The highest BCUT2D eigenvalue weighted by molar-refractivity contribution is 9.10. The molecule has 0 spiro atoms. The van der Waals surface area contributed by atoms with Crippen LogP contribution >= 0.6 is 15.9 Å². The molecule has 0 amide bonds. The van der Waals surface area contributed by atoms with Crippen molar-refractivity contribution in [3.8, 4) is 0 Å². The van der Waals surface area contributed by atoms with E-state index >= 15 is 0 Å². The van der Waals surface area contributed by atoms with Gasteiger partial charge in [-0.2, -0.15) is 0 Å². The number of nitro benzene ring substituents is 1. The van der Waals surface area contributed by atoms with Gasteiger partial charge in [-0.05, 0) is 34.1 Å². The first-order valence-corrected chi connectivity index (χ1v) is 7.89. The molecule has 0 N–H and O–H groups in total. The van der Waals surface area contributed by atoms with Crippen LogP contribution in [0.1, 0.15) is 0 Å². The van der Waals surface area contributed by atoms with E-state index in [4.69, 9.17) is 0 Å². The number of piperazine rings is 1. The average molecular weight is 381 g/mol. The summed E-state index contributed by atoms with van der Waals surface area (Å²) in [6.07, 6.45) is 1.74. The first kappa shape index (κ1) is 15.7. The lowest BCUT2D eigenvalue weighted by molar-refractivity contribution is -0.384. The van der Waals surface area contributed by atoms with Crippen LogP contribution in [0.3, 0.4) is 0 Å². The average Bonchev–Trinajstić information content (AvgIpc) is 2.55. The van der Waals surface area contributed by atoms with Gasteiger partial charge in [0.1, 0.15) is 17.3 Å². The normalized spacial score (nSPS) is 14.9. The Hall–Kier alpha value is -2.22. The molecule has 1 fully saturated rings. The first-order valence-electron chi connectivity index (χ1n) is 7.10. The highest BCUT2D eigenvalue weighted by Crippen LogP contribution is 2.30. The lowest BCUT2D eigenvalue weighted by atomic mass is 10.2. The molecule has 8 heteroatoms. The molecular weight excluding hydrogens is 367 g/mol. The van der Waals surface area contributed by atoms with Crippen molar-refractivity contribution >= 4 is 33.1 Å². The van der Waals surface area contributed by atoms with Crippen LogP contribution in [-0.2, 0) is 0 Å². The third kappa shape index (κ3) is 3.42. The summed E-state index contributed by atoms with van der Waals surface area (Å²) in [6.45, 7) is 2.48. The highest BCUT2D eigenvalue weighted by Gasteiger charge is 2.24. The van der Waals surface area contributed by atoms with Crippen LogP contribution in [0.25, 0.3) is 0 Å². The number of nitrogens with zero attached hydrogens (tertiary/aromatic N) is 4. The van der Waals surface area contributed by atoms with Crippen molar-refractivity contribution in [2.24, 2.45) is 0 Å². The van der Waals surface area contributed by atoms with Crippen LogP contribution in [0, 0.1) is 15.9 Å². The van der Waals surface area contributed by atoms with E-state index in [0.29, 0.717) is 31.9 Å². The van der Waals surface area contributed by atoms with Gasteiger partial charge in [-0.1, -0.05) is 0 Å². The summed E-state index contributed by atoms with van der Waals surface area (Å²) in [5.74, 6) is 0.393. The number of halogens is 2. The molecule has 1 aliphatic rings. The third-order valence-corrected chi connectivity index (χ3v) is 4.26. The second-order valence-electron chi connectivity index (χ2n) is 5.20. The molecule has 1 saturated heterocycles. The molecule has 0 radical (unpaired) electrons. The number of aromatic nitrogens is 1. The van der Waals surface area contributed by atoms with Gasteiger partial charge in [0.05, 0.1) is 4.92 Å². The molecule has 1 aromatic heterocycles. The molecule has 0 bridgehead atoms. The lowest BCUT2D eigenvalue weighted by Gasteiger charge is -2.36. The second kappa shape index (κ2) is 6.49. The van der Waals surface area contributed by atoms with E-state index in [1.807, 2.05) is 17.0 Å². The minimum Gasteiger partial charge on any atom is -0.362 e. The van der Waals surface area contributed by atoms with Gasteiger partial charge < -0.3 is 9.80 Å². The maximum Gasteiger partial charge on any atom is 0.292 e. The molecule has 6 nitrogen and oxygen atoms in total. The predicted molar refractivity (Wildman–Crippen MR) is 89.4 cm³/mol. The fraction of sp³-hybridized carbons (Fsp3) is 0.267. The molecule has 2 aromatic rings. The predicted octanol–water partition coefficient (Wildman–Crippen LogP) is 3.22. The van der Waals surface area contributed by atoms with E-state index in [2.05, 4.69) is 25.8 Å². The van der Waals surface area contributed by atoms with E-state index in [-0.39, 0.29) is 5.69 Å². The quantitative estimate of drug-likeness (QED) is 0.604. The number of pyridine rings is 1. The minimum absolute atomic E-state index is 0.0679. The minimum atomic E-state index is -0.475. The Balaban J connectivity index is 1.75. The highest BCUT2D eigenvalue weighted by atomic mass is 79.9. The van der Waals surface area contributed by atoms with E-state index in [1.165, 1.54) is 12.1 Å². The molecule has 0 saturated carbocycles. The van der Waals surface area contributed by atoms with Crippen LogP contribution in [0.5, 0.6) is 0 Å². The van der Waals surface area contributed by atoms with Crippen molar-refractivity contribution in [2.75, 3.05) is 36.0 Å². The maximum absolute atomic E-state index is 13.5. The van der Waals surface area contributed by atoms with Gasteiger partial charge in [0.2, 0.25) is 0 Å². The van der Waals surface area contributed by atoms with Crippen LogP contribution < -0.4 is 9.80 Å². The van der Waals surface area contributed by atoms with Crippen molar-refractivity contribution in [3.05, 3.63) is 56.9 Å². The Morgan fingerprint density at radius 2 is 1.83 bits per heavy atom. The van der Waals surface area contributed by atoms with E-state index in [0.717, 1.165) is 16.4 Å². The lowest BCUT2D eigenvalue weighted by Crippen LogP contribution is -2.47. The Bertz CT molecular complexity index is 718. The first-order chi connectivity index (χ1) is 11.0. The SMILES string of the molecule is O=[N+]([O-])c1ccc(F)cc1N1CCN(c2ccc(Br)cn2)CC1. The van der Waals surface area contributed by atoms with Crippen LogP contribution in [0.15, 0.2) is 41.0 Å². The van der Waals surface area contributed by atoms with Gasteiger partial charge in [0.25, 0.3) is 5.69 Å². The third-order valence-electron chi connectivity index (χ3n) is 3.79. The molecule has 1 aliphatic heterocycles. The Morgan fingerprint density at radius 1 is 1.13 bits per heavy atom. The van der Waals surface area contributed by atoms with Gasteiger partial charge in [0.15, 0.2) is 0 Å². The van der Waals surface area contributed by atoms with Crippen LogP contribution in [-0.4, -0.2) is 36.1 Å². The second-order valence-corrected chi connectivity index (χ2v) is 6.11. The molecule has 0 atom stereocenters. The molecule has 0 aliphatic carbocycles.